The molecule has 3 atom stereocenters. The fraction of sp³-hybridized carbons (Fsp3) is 0.800. The van der Waals surface area contributed by atoms with E-state index in [9.17, 15) is 24.9 Å². The molecule has 0 aromatic carbocycles. The molecule has 3 N–H and O–H groups in total. The number of aliphatic hydroxyl groups is 3. The van der Waals surface area contributed by atoms with Gasteiger partial charge in [0, 0.05) is 6.42 Å². The van der Waals surface area contributed by atoms with Crippen molar-refractivity contribution in [2.75, 3.05) is 6.61 Å². The Bertz CT molecular complexity index is 610. The zero-order valence-corrected chi connectivity index (χ0v) is 16.5. The van der Waals surface area contributed by atoms with Gasteiger partial charge in [-0.2, -0.15) is 0 Å². The van der Waals surface area contributed by atoms with E-state index < -0.39 is 22.4 Å². The first-order valence-corrected chi connectivity index (χ1v) is 9.27. The smallest absolute Gasteiger partial charge is 0.186 e. The van der Waals surface area contributed by atoms with Crippen molar-refractivity contribution in [3.63, 3.8) is 0 Å². The van der Waals surface area contributed by atoms with Crippen LogP contribution in [0.15, 0.2) is 11.6 Å². The summed E-state index contributed by atoms with van der Waals surface area (Å²) in [5.41, 5.74) is -3.95. The maximum atomic E-state index is 12.5. The summed E-state index contributed by atoms with van der Waals surface area (Å²) in [5.74, 6) is -0.844. The highest BCUT2D eigenvalue weighted by molar-refractivity contribution is 5.98. The van der Waals surface area contributed by atoms with Gasteiger partial charge in [0.05, 0.1) is 17.8 Å². The van der Waals surface area contributed by atoms with Crippen molar-refractivity contribution in [3.8, 4) is 0 Å². The van der Waals surface area contributed by atoms with Crippen LogP contribution in [0.5, 0.6) is 0 Å². The van der Waals surface area contributed by atoms with E-state index in [1.54, 1.807) is 27.7 Å². The molecule has 0 aliphatic heterocycles. The lowest BCUT2D eigenvalue weighted by atomic mass is 9.72. The molecule has 6 nitrogen and oxygen atoms in total. The summed E-state index contributed by atoms with van der Waals surface area (Å²) >= 11 is 0. The van der Waals surface area contributed by atoms with Crippen LogP contribution in [0, 0.1) is 5.92 Å². The number of hydrogen-bond acceptors (Lipinski definition) is 6. The molecule has 6 heteroatoms. The molecule has 1 saturated carbocycles. The second-order valence-corrected chi connectivity index (χ2v) is 9.15. The summed E-state index contributed by atoms with van der Waals surface area (Å²) in [7, 11) is 0. The van der Waals surface area contributed by atoms with Gasteiger partial charge in [-0.25, -0.2) is 0 Å². The van der Waals surface area contributed by atoms with Crippen LogP contribution in [0.2, 0.25) is 0 Å². The molecule has 1 fully saturated rings. The first kappa shape index (κ1) is 21.2. The fourth-order valence-electron chi connectivity index (χ4n) is 3.58. The molecular weight excluding hydrogens is 336 g/mol. The summed E-state index contributed by atoms with van der Waals surface area (Å²) in [5, 5.41) is 30.8. The fourth-order valence-corrected chi connectivity index (χ4v) is 3.58. The Hall–Kier alpha value is -1.08. The van der Waals surface area contributed by atoms with Gasteiger partial charge in [-0.1, -0.05) is 0 Å². The Morgan fingerprint density at radius 3 is 2.31 bits per heavy atom. The summed E-state index contributed by atoms with van der Waals surface area (Å²) in [6, 6.07) is 0. The monoisotopic (exact) mass is 368 g/mol. The normalized spacial score (nSPS) is 34.0. The lowest BCUT2D eigenvalue weighted by Crippen LogP contribution is -2.52. The lowest BCUT2D eigenvalue weighted by Gasteiger charge is -2.41. The van der Waals surface area contributed by atoms with Gasteiger partial charge in [0.25, 0.3) is 0 Å². The van der Waals surface area contributed by atoms with Gasteiger partial charge in [0.15, 0.2) is 11.6 Å². The number of rotatable bonds is 5. The topological polar surface area (TPSA) is 104 Å². The predicted octanol–water partition coefficient (Wildman–Crippen LogP) is 1.69. The molecule has 0 bridgehead atoms. The van der Waals surface area contributed by atoms with Gasteiger partial charge in [-0.3, -0.25) is 9.59 Å². The number of ketones is 2. The van der Waals surface area contributed by atoms with Crippen LogP contribution >= 0.6 is 0 Å². The molecule has 2 aliphatic carbocycles. The minimum atomic E-state index is -1.57. The standard InChI is InChI=1S/C20H32O6/c1-17(2,23)13-7-9-20(25,16(22)10-13)12-26-18(3,4)14-6-8-19(5,24)15(21)11-14/h11,13,23-25H,6-10,12H2,1-5H3. The van der Waals surface area contributed by atoms with E-state index in [4.69, 9.17) is 4.74 Å². The predicted molar refractivity (Wildman–Crippen MR) is 96.6 cm³/mol. The maximum Gasteiger partial charge on any atom is 0.186 e. The third-order valence-corrected chi connectivity index (χ3v) is 6.02. The zero-order chi connectivity index (χ0) is 20.0. The van der Waals surface area contributed by atoms with Crippen molar-refractivity contribution in [2.45, 2.75) is 89.1 Å². The van der Waals surface area contributed by atoms with Gasteiger partial charge < -0.3 is 20.1 Å². The second kappa shape index (κ2) is 6.82. The first-order chi connectivity index (χ1) is 11.7. The Morgan fingerprint density at radius 1 is 1.19 bits per heavy atom. The highest BCUT2D eigenvalue weighted by Gasteiger charge is 2.46. The summed E-state index contributed by atoms with van der Waals surface area (Å²) in [6.07, 6.45) is 3.15. The Labute approximate surface area is 155 Å². The maximum absolute atomic E-state index is 12.5. The lowest BCUT2D eigenvalue weighted by molar-refractivity contribution is -0.162. The van der Waals surface area contributed by atoms with Gasteiger partial charge >= 0.3 is 0 Å². The van der Waals surface area contributed by atoms with E-state index in [1.807, 2.05) is 0 Å². The average molecular weight is 368 g/mol. The minimum Gasteiger partial charge on any atom is -0.390 e. The SMILES string of the molecule is CC1(O)CCC(C(C)(C)OCC2(O)CCC(C(C)(C)O)CC2=O)=CC1=O. The van der Waals surface area contributed by atoms with Crippen molar-refractivity contribution in [2.24, 2.45) is 5.92 Å². The van der Waals surface area contributed by atoms with Crippen LogP contribution < -0.4 is 0 Å². The Kier molecular flexibility index (Phi) is 5.57. The minimum absolute atomic E-state index is 0.119. The number of carbonyl (C=O) groups is 2. The molecule has 3 unspecified atom stereocenters. The van der Waals surface area contributed by atoms with E-state index in [0.29, 0.717) is 19.3 Å². The van der Waals surface area contributed by atoms with Crippen molar-refractivity contribution in [3.05, 3.63) is 11.6 Å². The van der Waals surface area contributed by atoms with Crippen LogP contribution in [0.1, 0.15) is 66.7 Å². The molecule has 0 heterocycles. The van der Waals surface area contributed by atoms with Crippen molar-refractivity contribution < 1.29 is 29.6 Å². The van der Waals surface area contributed by atoms with Gasteiger partial charge in [0.1, 0.15) is 11.2 Å². The zero-order valence-electron chi connectivity index (χ0n) is 16.5. The molecule has 2 aliphatic rings. The van der Waals surface area contributed by atoms with E-state index in [2.05, 4.69) is 0 Å². The summed E-state index contributed by atoms with van der Waals surface area (Å²) in [4.78, 5) is 24.5. The summed E-state index contributed by atoms with van der Waals surface area (Å²) in [6.45, 7) is 8.29. The van der Waals surface area contributed by atoms with Crippen LogP contribution in [0.3, 0.4) is 0 Å². The summed E-state index contributed by atoms with van der Waals surface area (Å²) < 4.78 is 5.88. The van der Waals surface area contributed by atoms with Crippen molar-refractivity contribution in [1.29, 1.82) is 0 Å². The van der Waals surface area contributed by atoms with E-state index in [0.717, 1.165) is 5.57 Å². The molecular formula is C20H32O6. The molecule has 0 aromatic heterocycles. The van der Waals surface area contributed by atoms with E-state index >= 15 is 0 Å². The molecule has 0 saturated heterocycles. The van der Waals surface area contributed by atoms with Crippen LogP contribution in [0.4, 0.5) is 0 Å². The molecule has 148 valence electrons. The van der Waals surface area contributed by atoms with E-state index in [1.165, 1.54) is 13.0 Å². The molecule has 0 amide bonds. The first-order valence-electron chi connectivity index (χ1n) is 9.27. The molecule has 2 rings (SSSR count). The molecule has 0 spiro atoms. The van der Waals surface area contributed by atoms with Crippen molar-refractivity contribution >= 4 is 11.6 Å². The van der Waals surface area contributed by atoms with E-state index in [-0.39, 0.29) is 36.9 Å². The molecule has 26 heavy (non-hydrogen) atoms. The highest BCUT2D eigenvalue weighted by atomic mass is 16.5. The van der Waals surface area contributed by atoms with Gasteiger partial charge in [0.2, 0.25) is 0 Å². The second-order valence-electron chi connectivity index (χ2n) is 9.15. The number of carbonyl (C=O) groups excluding carboxylic acids is 2. The molecule has 0 radical (unpaired) electrons. The molecule has 0 aromatic rings. The van der Waals surface area contributed by atoms with Crippen LogP contribution in [0.25, 0.3) is 0 Å². The number of ether oxygens (including phenoxy) is 1. The average Bonchev–Trinajstić information content (AvgIpc) is 2.50. The quantitative estimate of drug-likeness (QED) is 0.682. The number of hydrogen-bond donors (Lipinski definition) is 3. The van der Waals surface area contributed by atoms with Gasteiger partial charge in [-0.15, -0.1) is 0 Å². The Morgan fingerprint density at radius 2 is 1.81 bits per heavy atom. The third-order valence-electron chi connectivity index (χ3n) is 6.02. The third kappa shape index (κ3) is 4.42. The van der Waals surface area contributed by atoms with Gasteiger partial charge in [-0.05, 0) is 77.9 Å². The van der Waals surface area contributed by atoms with Crippen LogP contribution in [-0.2, 0) is 14.3 Å². The number of Topliss-reactive ketones (excluding diaryl/α,β-unsaturated/α-hetero) is 1. The largest absolute Gasteiger partial charge is 0.390 e. The highest BCUT2D eigenvalue weighted by Crippen LogP contribution is 2.38. The Balaban J connectivity index is 2.03. The van der Waals surface area contributed by atoms with Crippen molar-refractivity contribution in [1.82, 2.24) is 0 Å². The van der Waals surface area contributed by atoms with Crippen LogP contribution in [-0.4, -0.2) is 55.9 Å².